The van der Waals surface area contributed by atoms with Crippen molar-refractivity contribution in [3.05, 3.63) is 24.6 Å². The zero-order valence-corrected chi connectivity index (χ0v) is 8.73. The van der Waals surface area contributed by atoms with E-state index in [4.69, 9.17) is 4.42 Å². The Kier molecular flexibility index (Phi) is 1.91. The third-order valence-electron chi connectivity index (χ3n) is 3.15. The molecule has 0 saturated heterocycles. The molecule has 0 radical (unpaired) electrons. The summed E-state index contributed by atoms with van der Waals surface area (Å²) in [4.78, 5) is 4.36. The molecule has 0 amide bonds. The molecule has 0 aromatic carbocycles. The minimum atomic E-state index is 0.614. The lowest BCUT2D eigenvalue weighted by atomic mass is 10.3. The lowest BCUT2D eigenvalue weighted by Crippen LogP contribution is -2.05. The van der Waals surface area contributed by atoms with Crippen LogP contribution in [-0.2, 0) is 0 Å². The van der Waals surface area contributed by atoms with Crippen LogP contribution in [-0.4, -0.2) is 11.0 Å². The Morgan fingerprint density at radius 3 is 3.27 bits per heavy atom. The molecule has 2 atom stereocenters. The Labute approximate surface area is 88.5 Å². The highest BCUT2D eigenvalue weighted by molar-refractivity contribution is 5.88. The predicted octanol–water partition coefficient (Wildman–Crippen LogP) is 3.04. The fraction of sp³-hybridized carbons (Fsp3) is 0.417. The highest BCUT2D eigenvalue weighted by Gasteiger charge is 2.35. The van der Waals surface area contributed by atoms with Crippen molar-refractivity contribution in [3.63, 3.8) is 0 Å². The van der Waals surface area contributed by atoms with E-state index in [1.54, 1.807) is 12.5 Å². The SMILES string of the molecule is CCC1CC1Nc1nccc2occc12. The molecule has 1 aliphatic rings. The summed E-state index contributed by atoms with van der Waals surface area (Å²) in [6, 6.07) is 4.47. The molecule has 3 rings (SSSR count). The van der Waals surface area contributed by atoms with Crippen molar-refractivity contribution in [1.29, 1.82) is 0 Å². The maximum absolute atomic E-state index is 5.33. The number of hydrogen-bond donors (Lipinski definition) is 1. The van der Waals surface area contributed by atoms with E-state index in [1.165, 1.54) is 12.8 Å². The lowest BCUT2D eigenvalue weighted by Gasteiger charge is -2.04. The molecule has 1 aliphatic carbocycles. The number of furan rings is 1. The Balaban J connectivity index is 1.88. The molecular weight excluding hydrogens is 188 g/mol. The van der Waals surface area contributed by atoms with E-state index in [1.807, 2.05) is 12.1 Å². The van der Waals surface area contributed by atoms with Gasteiger partial charge in [-0.1, -0.05) is 13.3 Å². The van der Waals surface area contributed by atoms with Gasteiger partial charge in [0.2, 0.25) is 0 Å². The van der Waals surface area contributed by atoms with E-state index in [-0.39, 0.29) is 0 Å². The Morgan fingerprint density at radius 1 is 1.53 bits per heavy atom. The van der Waals surface area contributed by atoms with Gasteiger partial charge in [-0.25, -0.2) is 4.98 Å². The van der Waals surface area contributed by atoms with E-state index in [9.17, 15) is 0 Å². The summed E-state index contributed by atoms with van der Waals surface area (Å²) < 4.78 is 5.33. The van der Waals surface area contributed by atoms with Gasteiger partial charge in [-0.05, 0) is 24.5 Å². The van der Waals surface area contributed by atoms with Crippen LogP contribution in [0.5, 0.6) is 0 Å². The summed E-state index contributed by atoms with van der Waals surface area (Å²) in [5.41, 5.74) is 0.904. The number of nitrogens with zero attached hydrogens (tertiary/aromatic N) is 1. The molecule has 1 fully saturated rings. The first-order valence-electron chi connectivity index (χ1n) is 5.47. The second-order valence-corrected chi connectivity index (χ2v) is 4.15. The van der Waals surface area contributed by atoms with Gasteiger partial charge in [0.05, 0.1) is 11.6 Å². The highest BCUT2D eigenvalue weighted by Crippen LogP contribution is 2.37. The lowest BCUT2D eigenvalue weighted by molar-refractivity contribution is 0.615. The number of rotatable bonds is 3. The van der Waals surface area contributed by atoms with Gasteiger partial charge in [-0.2, -0.15) is 0 Å². The summed E-state index contributed by atoms with van der Waals surface area (Å²) in [6.45, 7) is 2.23. The Morgan fingerprint density at radius 2 is 2.47 bits per heavy atom. The fourth-order valence-corrected chi connectivity index (χ4v) is 2.06. The molecule has 2 unspecified atom stereocenters. The van der Waals surface area contributed by atoms with E-state index >= 15 is 0 Å². The first kappa shape index (κ1) is 8.77. The number of pyridine rings is 1. The quantitative estimate of drug-likeness (QED) is 0.831. The molecule has 2 aromatic rings. The molecular formula is C12H14N2O. The Bertz CT molecular complexity index is 477. The number of fused-ring (bicyclic) bond motifs is 1. The normalized spacial score (nSPS) is 24.3. The summed E-state index contributed by atoms with van der Waals surface area (Å²) in [7, 11) is 0. The summed E-state index contributed by atoms with van der Waals surface area (Å²) >= 11 is 0. The molecule has 78 valence electrons. The number of hydrogen-bond acceptors (Lipinski definition) is 3. The van der Waals surface area contributed by atoms with Crippen molar-refractivity contribution in [2.24, 2.45) is 5.92 Å². The molecule has 15 heavy (non-hydrogen) atoms. The second-order valence-electron chi connectivity index (χ2n) is 4.15. The van der Waals surface area contributed by atoms with Crippen LogP contribution < -0.4 is 5.32 Å². The Hall–Kier alpha value is -1.51. The summed E-state index contributed by atoms with van der Waals surface area (Å²) in [5, 5.41) is 4.56. The largest absolute Gasteiger partial charge is 0.464 e. The van der Waals surface area contributed by atoms with E-state index in [2.05, 4.69) is 17.2 Å². The molecule has 3 nitrogen and oxygen atoms in total. The molecule has 2 heterocycles. The van der Waals surface area contributed by atoms with Crippen LogP contribution in [0, 0.1) is 5.92 Å². The van der Waals surface area contributed by atoms with Gasteiger partial charge in [0.25, 0.3) is 0 Å². The van der Waals surface area contributed by atoms with Gasteiger partial charge >= 0.3 is 0 Å². The third kappa shape index (κ3) is 1.48. The maximum atomic E-state index is 5.33. The van der Waals surface area contributed by atoms with Crippen LogP contribution in [0.4, 0.5) is 5.82 Å². The molecule has 0 spiro atoms. The molecule has 1 saturated carbocycles. The van der Waals surface area contributed by atoms with Gasteiger partial charge in [0, 0.05) is 12.2 Å². The van der Waals surface area contributed by atoms with Gasteiger partial charge in [0.15, 0.2) is 0 Å². The topological polar surface area (TPSA) is 38.1 Å². The minimum absolute atomic E-state index is 0.614. The molecule has 0 aliphatic heterocycles. The van der Waals surface area contributed by atoms with Crippen molar-refractivity contribution in [2.45, 2.75) is 25.8 Å². The zero-order valence-electron chi connectivity index (χ0n) is 8.73. The standard InChI is InChI=1S/C12H14N2O/c1-2-8-7-10(8)14-12-9-4-6-15-11(9)3-5-13-12/h3-6,8,10H,2,7H2,1H3,(H,13,14). The number of anilines is 1. The average Bonchev–Trinajstić information content (AvgIpc) is 2.83. The van der Waals surface area contributed by atoms with Crippen LogP contribution in [0.25, 0.3) is 11.0 Å². The maximum Gasteiger partial charge on any atom is 0.139 e. The first-order valence-corrected chi connectivity index (χ1v) is 5.47. The van der Waals surface area contributed by atoms with Crippen molar-refractivity contribution in [2.75, 3.05) is 5.32 Å². The third-order valence-corrected chi connectivity index (χ3v) is 3.15. The highest BCUT2D eigenvalue weighted by atomic mass is 16.3. The van der Waals surface area contributed by atoms with Gasteiger partial charge < -0.3 is 9.73 Å². The first-order chi connectivity index (χ1) is 7.38. The monoisotopic (exact) mass is 202 g/mol. The van der Waals surface area contributed by atoms with E-state index in [0.717, 1.165) is 22.7 Å². The summed E-state index contributed by atoms with van der Waals surface area (Å²) in [6.07, 6.45) is 6.02. The zero-order chi connectivity index (χ0) is 10.3. The predicted molar refractivity (Wildman–Crippen MR) is 59.8 cm³/mol. The molecule has 2 aromatic heterocycles. The minimum Gasteiger partial charge on any atom is -0.464 e. The van der Waals surface area contributed by atoms with Crippen LogP contribution >= 0.6 is 0 Å². The number of aromatic nitrogens is 1. The molecule has 1 N–H and O–H groups in total. The number of nitrogens with one attached hydrogen (secondary N) is 1. The van der Waals surface area contributed by atoms with Crippen LogP contribution in [0.15, 0.2) is 29.0 Å². The van der Waals surface area contributed by atoms with Gasteiger partial charge in [-0.3, -0.25) is 0 Å². The smallest absolute Gasteiger partial charge is 0.139 e. The molecule has 3 heteroatoms. The van der Waals surface area contributed by atoms with Crippen molar-refractivity contribution in [3.8, 4) is 0 Å². The fourth-order valence-electron chi connectivity index (χ4n) is 2.06. The second kappa shape index (κ2) is 3.26. The van der Waals surface area contributed by atoms with Crippen LogP contribution in [0.3, 0.4) is 0 Å². The van der Waals surface area contributed by atoms with Gasteiger partial charge in [-0.15, -0.1) is 0 Å². The van der Waals surface area contributed by atoms with Crippen LogP contribution in [0.1, 0.15) is 19.8 Å². The average molecular weight is 202 g/mol. The van der Waals surface area contributed by atoms with E-state index in [0.29, 0.717) is 6.04 Å². The van der Waals surface area contributed by atoms with Gasteiger partial charge in [0.1, 0.15) is 11.4 Å². The van der Waals surface area contributed by atoms with Crippen molar-refractivity contribution < 1.29 is 4.42 Å². The molecule has 0 bridgehead atoms. The van der Waals surface area contributed by atoms with Crippen molar-refractivity contribution >= 4 is 16.8 Å². The van der Waals surface area contributed by atoms with E-state index < -0.39 is 0 Å². The summed E-state index contributed by atoms with van der Waals surface area (Å²) in [5.74, 6) is 1.79. The van der Waals surface area contributed by atoms with Crippen molar-refractivity contribution in [1.82, 2.24) is 4.98 Å². The van der Waals surface area contributed by atoms with Crippen LogP contribution in [0.2, 0.25) is 0 Å².